The smallest absolute Gasteiger partial charge is 0.154 e. The van der Waals surface area contributed by atoms with Crippen LogP contribution in [0.2, 0.25) is 0 Å². The molecule has 2 rings (SSSR count). The zero-order chi connectivity index (χ0) is 12.6. The van der Waals surface area contributed by atoms with Crippen molar-refractivity contribution in [2.75, 3.05) is 11.7 Å². The van der Waals surface area contributed by atoms with Crippen molar-refractivity contribution in [3.8, 4) is 0 Å². The molecule has 2 aromatic heterocycles. The van der Waals surface area contributed by atoms with Gasteiger partial charge in [0, 0.05) is 11.1 Å². The van der Waals surface area contributed by atoms with E-state index in [0.717, 1.165) is 21.3 Å². The highest BCUT2D eigenvalue weighted by Crippen LogP contribution is 2.28. The van der Waals surface area contributed by atoms with Gasteiger partial charge in [-0.3, -0.25) is 0 Å². The van der Waals surface area contributed by atoms with Crippen LogP contribution in [0.15, 0.2) is 6.07 Å². The standard InChI is InChI=1S/C9H12N4O2S2/c1-5-3-6-8(13-10)11-7(4-17(2,14)15)12-9(6)16-5/h3H,4,10H2,1-2H3,(H,11,12,13). The van der Waals surface area contributed by atoms with Crippen molar-refractivity contribution in [1.29, 1.82) is 0 Å². The van der Waals surface area contributed by atoms with Crippen molar-refractivity contribution in [1.82, 2.24) is 9.97 Å². The number of aryl methyl sites for hydroxylation is 1. The molecular weight excluding hydrogens is 260 g/mol. The first-order valence-corrected chi connectivity index (χ1v) is 7.68. The van der Waals surface area contributed by atoms with Crippen LogP contribution in [0.3, 0.4) is 0 Å². The summed E-state index contributed by atoms with van der Waals surface area (Å²) in [7, 11) is -3.15. The summed E-state index contributed by atoms with van der Waals surface area (Å²) in [6.45, 7) is 1.95. The van der Waals surface area contributed by atoms with Crippen molar-refractivity contribution in [2.45, 2.75) is 12.7 Å². The summed E-state index contributed by atoms with van der Waals surface area (Å²) in [4.78, 5) is 10.1. The average molecular weight is 272 g/mol. The van der Waals surface area contributed by atoms with Crippen LogP contribution in [-0.4, -0.2) is 24.6 Å². The lowest BCUT2D eigenvalue weighted by atomic mass is 10.3. The fourth-order valence-corrected chi connectivity index (χ4v) is 2.99. The Labute approximate surface area is 103 Å². The zero-order valence-electron chi connectivity index (χ0n) is 9.39. The Morgan fingerprint density at radius 1 is 1.47 bits per heavy atom. The second-order valence-corrected chi connectivity index (χ2v) is 7.15. The Morgan fingerprint density at radius 2 is 2.18 bits per heavy atom. The van der Waals surface area contributed by atoms with Crippen LogP contribution in [0.5, 0.6) is 0 Å². The van der Waals surface area contributed by atoms with Gasteiger partial charge in [0.1, 0.15) is 16.4 Å². The normalized spacial score (nSPS) is 11.9. The third-order valence-electron chi connectivity index (χ3n) is 2.09. The van der Waals surface area contributed by atoms with Gasteiger partial charge >= 0.3 is 0 Å². The third kappa shape index (κ3) is 2.71. The minimum atomic E-state index is -3.15. The lowest BCUT2D eigenvalue weighted by Crippen LogP contribution is -2.12. The van der Waals surface area contributed by atoms with E-state index < -0.39 is 9.84 Å². The summed E-state index contributed by atoms with van der Waals surface area (Å²) in [5.74, 6) is 5.90. The van der Waals surface area contributed by atoms with E-state index in [-0.39, 0.29) is 11.6 Å². The van der Waals surface area contributed by atoms with E-state index in [4.69, 9.17) is 5.84 Å². The SMILES string of the molecule is Cc1cc2c(NN)nc(CS(C)(=O)=O)nc2s1. The minimum Gasteiger partial charge on any atom is -0.308 e. The van der Waals surface area contributed by atoms with Gasteiger partial charge in [0.15, 0.2) is 15.7 Å². The third-order valence-corrected chi connectivity index (χ3v) is 3.82. The summed E-state index contributed by atoms with van der Waals surface area (Å²) >= 11 is 1.48. The first kappa shape index (κ1) is 12.2. The number of hydrogen-bond acceptors (Lipinski definition) is 7. The molecule has 0 aromatic carbocycles. The molecule has 0 bridgehead atoms. The summed E-state index contributed by atoms with van der Waals surface area (Å²) in [6.07, 6.45) is 1.15. The number of hydrogen-bond donors (Lipinski definition) is 2. The second-order valence-electron chi connectivity index (χ2n) is 3.78. The summed E-state index contributed by atoms with van der Waals surface area (Å²) in [5, 5.41) is 0.812. The van der Waals surface area contributed by atoms with Gasteiger partial charge in [-0.2, -0.15) is 0 Å². The molecule has 17 heavy (non-hydrogen) atoms. The molecule has 0 fully saturated rings. The van der Waals surface area contributed by atoms with Crippen LogP contribution in [0.4, 0.5) is 5.82 Å². The molecule has 92 valence electrons. The maximum absolute atomic E-state index is 11.2. The van der Waals surface area contributed by atoms with Crippen molar-refractivity contribution in [2.24, 2.45) is 5.84 Å². The number of nitrogens with one attached hydrogen (secondary N) is 1. The number of nitrogens with zero attached hydrogens (tertiary/aromatic N) is 2. The van der Waals surface area contributed by atoms with Gasteiger partial charge in [0.2, 0.25) is 0 Å². The molecular formula is C9H12N4O2S2. The number of aromatic nitrogens is 2. The number of rotatable bonds is 3. The van der Waals surface area contributed by atoms with Crippen molar-refractivity contribution < 1.29 is 8.42 Å². The molecule has 0 unspecified atom stereocenters. The number of sulfone groups is 1. The Hall–Kier alpha value is -1.25. The first-order chi connectivity index (χ1) is 7.89. The van der Waals surface area contributed by atoms with E-state index in [1.165, 1.54) is 11.3 Å². The number of thiophene rings is 1. The molecule has 0 radical (unpaired) electrons. The van der Waals surface area contributed by atoms with E-state index in [9.17, 15) is 8.42 Å². The number of nitrogens with two attached hydrogens (primary N) is 1. The summed E-state index contributed by atoms with van der Waals surface area (Å²) < 4.78 is 22.4. The quantitative estimate of drug-likeness (QED) is 0.634. The van der Waals surface area contributed by atoms with E-state index in [1.54, 1.807) is 0 Å². The first-order valence-electron chi connectivity index (χ1n) is 4.80. The van der Waals surface area contributed by atoms with E-state index in [2.05, 4.69) is 15.4 Å². The zero-order valence-corrected chi connectivity index (χ0v) is 11.0. The Kier molecular flexibility index (Phi) is 3.02. The maximum atomic E-state index is 11.2. The monoisotopic (exact) mass is 272 g/mol. The van der Waals surface area contributed by atoms with Gasteiger partial charge in [-0.1, -0.05) is 0 Å². The molecule has 0 saturated heterocycles. The summed E-state index contributed by atoms with van der Waals surface area (Å²) in [6, 6.07) is 1.92. The predicted octanol–water partition coefficient (Wildman–Crippen LogP) is 0.830. The Morgan fingerprint density at radius 3 is 2.76 bits per heavy atom. The fraction of sp³-hybridized carbons (Fsp3) is 0.333. The van der Waals surface area contributed by atoms with E-state index in [1.807, 2.05) is 13.0 Å². The molecule has 2 heterocycles. The van der Waals surface area contributed by atoms with Crippen LogP contribution in [0, 0.1) is 6.92 Å². The average Bonchev–Trinajstić information content (AvgIpc) is 2.54. The molecule has 3 N–H and O–H groups in total. The van der Waals surface area contributed by atoms with Gasteiger partial charge in [-0.25, -0.2) is 24.2 Å². The minimum absolute atomic E-state index is 0.186. The van der Waals surface area contributed by atoms with E-state index >= 15 is 0 Å². The number of hydrazine groups is 1. The van der Waals surface area contributed by atoms with Crippen molar-refractivity contribution in [3.05, 3.63) is 16.8 Å². The lowest BCUT2D eigenvalue weighted by molar-refractivity contribution is 0.600. The molecule has 8 heteroatoms. The molecule has 0 amide bonds. The van der Waals surface area contributed by atoms with Crippen LogP contribution < -0.4 is 11.3 Å². The molecule has 0 atom stereocenters. The topological polar surface area (TPSA) is 98.0 Å². The molecule has 6 nitrogen and oxygen atoms in total. The maximum Gasteiger partial charge on any atom is 0.154 e. The Bertz CT molecular complexity index is 663. The van der Waals surface area contributed by atoms with Crippen molar-refractivity contribution >= 4 is 37.2 Å². The second kappa shape index (κ2) is 4.21. The highest BCUT2D eigenvalue weighted by atomic mass is 32.2. The van der Waals surface area contributed by atoms with Crippen molar-refractivity contribution in [3.63, 3.8) is 0 Å². The number of nitrogen functional groups attached to an aromatic ring is 1. The molecule has 2 aromatic rings. The highest BCUT2D eigenvalue weighted by molar-refractivity contribution is 7.89. The van der Waals surface area contributed by atoms with Gasteiger partial charge in [-0.15, -0.1) is 11.3 Å². The predicted molar refractivity (Wildman–Crippen MR) is 68.5 cm³/mol. The number of anilines is 1. The van der Waals surface area contributed by atoms with Gasteiger partial charge in [0.25, 0.3) is 0 Å². The lowest BCUT2D eigenvalue weighted by Gasteiger charge is -2.03. The molecule has 0 aliphatic heterocycles. The molecule has 0 spiro atoms. The van der Waals surface area contributed by atoms with Gasteiger partial charge in [-0.05, 0) is 13.0 Å². The van der Waals surface area contributed by atoms with E-state index in [0.29, 0.717) is 5.82 Å². The van der Waals surface area contributed by atoms with Crippen LogP contribution in [0.1, 0.15) is 10.7 Å². The molecule has 0 aliphatic carbocycles. The number of fused-ring (bicyclic) bond motifs is 1. The molecule has 0 aliphatic rings. The largest absolute Gasteiger partial charge is 0.308 e. The van der Waals surface area contributed by atoms with Gasteiger partial charge in [0.05, 0.1) is 5.39 Å². The molecule has 0 saturated carbocycles. The fourth-order valence-electron chi connectivity index (χ4n) is 1.50. The van der Waals surface area contributed by atoms with Gasteiger partial charge < -0.3 is 5.43 Å². The summed E-state index contributed by atoms with van der Waals surface area (Å²) in [5.41, 5.74) is 2.47. The highest BCUT2D eigenvalue weighted by Gasteiger charge is 2.13. The van der Waals surface area contributed by atoms with Crippen LogP contribution in [-0.2, 0) is 15.6 Å². The van der Waals surface area contributed by atoms with Crippen LogP contribution >= 0.6 is 11.3 Å². The Balaban J connectivity index is 2.59. The van der Waals surface area contributed by atoms with Crippen LogP contribution in [0.25, 0.3) is 10.2 Å².